The number of methoxy groups -OCH3 is 1. The molecule has 37 heavy (non-hydrogen) atoms. The zero-order valence-electron chi connectivity index (χ0n) is 22.4. The van der Waals surface area contributed by atoms with Gasteiger partial charge in [-0.3, -0.25) is 14.4 Å². The first-order valence-electron chi connectivity index (χ1n) is 14.1. The van der Waals surface area contributed by atoms with Gasteiger partial charge in [0.2, 0.25) is 5.91 Å². The van der Waals surface area contributed by atoms with Gasteiger partial charge in [0.05, 0.1) is 19.6 Å². The van der Waals surface area contributed by atoms with Gasteiger partial charge in [0.1, 0.15) is 12.1 Å². The first-order chi connectivity index (χ1) is 17.6. The molecule has 204 valence electrons. The lowest BCUT2D eigenvalue weighted by Crippen LogP contribution is -2.51. The van der Waals surface area contributed by atoms with Crippen molar-refractivity contribution in [3.05, 3.63) is 11.6 Å². The summed E-state index contributed by atoms with van der Waals surface area (Å²) >= 11 is 0. The molecule has 3 saturated carbocycles. The molecule has 1 heterocycles. The predicted molar refractivity (Wildman–Crippen MR) is 134 cm³/mol. The van der Waals surface area contributed by atoms with E-state index in [4.69, 9.17) is 9.47 Å². The molecule has 1 aliphatic heterocycles. The number of β-amino-alcohol motifs (C(OH)–C–C–N with tert-alkyl or cyclic N) is 1. The third-order valence-electron chi connectivity index (χ3n) is 10.8. The SMILES string of the molecule is COC(=O)[C@H]1C[C@H](O)CN1C(=O)CCC(=O)O[C@@H]1CC[C@H]2[C@@H]3CCC4=CC(=O)CC[C@]4(C)[C@H]3CC[C@]12C. The number of likely N-dealkylation sites (tertiary alicyclic amines) is 1. The van der Waals surface area contributed by atoms with E-state index in [1.165, 1.54) is 17.6 Å². The van der Waals surface area contributed by atoms with Gasteiger partial charge in [0, 0.05) is 31.2 Å². The van der Waals surface area contributed by atoms with Crippen molar-refractivity contribution < 1.29 is 33.8 Å². The topological polar surface area (TPSA) is 110 Å². The van der Waals surface area contributed by atoms with Gasteiger partial charge in [-0.15, -0.1) is 0 Å². The van der Waals surface area contributed by atoms with Gasteiger partial charge in [0.25, 0.3) is 0 Å². The second-order valence-electron chi connectivity index (χ2n) is 12.5. The standard InChI is InChI=1S/C29H41NO7/c1-28-12-10-18(31)14-17(28)4-5-20-21-6-7-24(29(21,2)13-11-22(20)28)37-26(34)9-8-25(33)30-16-19(32)15-23(30)27(35)36-3/h14,19-24,32H,4-13,15-16H2,1-3H3/t19-,20-,21-,22-,23+,24+,28-,29-/m0/s1. The number of amides is 1. The Bertz CT molecular complexity index is 1010. The highest BCUT2D eigenvalue weighted by atomic mass is 16.5. The number of esters is 2. The third-order valence-corrected chi connectivity index (χ3v) is 10.8. The van der Waals surface area contributed by atoms with Crippen LogP contribution in [0.1, 0.15) is 84.5 Å². The molecule has 0 bridgehead atoms. The van der Waals surface area contributed by atoms with Gasteiger partial charge in [0.15, 0.2) is 5.78 Å². The lowest BCUT2D eigenvalue weighted by atomic mass is 9.47. The van der Waals surface area contributed by atoms with E-state index in [-0.39, 0.29) is 60.4 Å². The Hall–Kier alpha value is -2.22. The average molecular weight is 516 g/mol. The molecule has 0 aromatic rings. The first-order valence-corrected chi connectivity index (χ1v) is 14.1. The summed E-state index contributed by atoms with van der Waals surface area (Å²) < 4.78 is 10.8. The van der Waals surface area contributed by atoms with E-state index < -0.39 is 18.1 Å². The molecule has 0 spiro atoms. The molecule has 0 unspecified atom stereocenters. The predicted octanol–water partition coefficient (Wildman–Crippen LogP) is 3.35. The Morgan fingerprint density at radius 1 is 1.05 bits per heavy atom. The van der Waals surface area contributed by atoms with Crippen LogP contribution >= 0.6 is 0 Å². The van der Waals surface area contributed by atoms with Crippen LogP contribution < -0.4 is 0 Å². The number of nitrogens with zero attached hydrogens (tertiary/aromatic N) is 1. The van der Waals surface area contributed by atoms with Gasteiger partial charge in [-0.1, -0.05) is 19.4 Å². The number of carbonyl (C=O) groups is 4. The van der Waals surface area contributed by atoms with Gasteiger partial charge in [-0.2, -0.15) is 0 Å². The molecule has 8 atom stereocenters. The van der Waals surface area contributed by atoms with Gasteiger partial charge < -0.3 is 19.5 Å². The molecular weight excluding hydrogens is 474 g/mol. The molecule has 4 aliphatic carbocycles. The van der Waals surface area contributed by atoms with Crippen LogP contribution in [0.3, 0.4) is 0 Å². The Balaban J connectivity index is 1.19. The first kappa shape index (κ1) is 26.4. The maximum absolute atomic E-state index is 12.8. The summed E-state index contributed by atoms with van der Waals surface area (Å²) in [6, 6.07) is -0.803. The summed E-state index contributed by atoms with van der Waals surface area (Å²) in [6.07, 6.45) is 8.81. The molecule has 5 rings (SSSR count). The maximum atomic E-state index is 12.8. The largest absolute Gasteiger partial charge is 0.467 e. The lowest BCUT2D eigenvalue weighted by Gasteiger charge is -2.57. The number of aliphatic hydroxyl groups excluding tert-OH is 1. The van der Waals surface area contributed by atoms with Crippen molar-refractivity contribution >= 4 is 23.6 Å². The van der Waals surface area contributed by atoms with Crippen molar-refractivity contribution in [1.29, 1.82) is 0 Å². The number of fused-ring (bicyclic) bond motifs is 5. The number of rotatable bonds is 5. The van der Waals surface area contributed by atoms with Crippen molar-refractivity contribution in [2.45, 2.75) is 103 Å². The molecule has 1 amide bonds. The fraction of sp³-hybridized carbons (Fsp3) is 0.793. The van der Waals surface area contributed by atoms with E-state index in [0.717, 1.165) is 44.9 Å². The number of carbonyl (C=O) groups excluding carboxylic acids is 4. The van der Waals surface area contributed by atoms with Crippen LogP contribution in [0.4, 0.5) is 0 Å². The van der Waals surface area contributed by atoms with Crippen molar-refractivity contribution in [2.75, 3.05) is 13.7 Å². The van der Waals surface area contributed by atoms with Crippen LogP contribution in [0.25, 0.3) is 0 Å². The molecule has 4 fully saturated rings. The highest BCUT2D eigenvalue weighted by Gasteiger charge is 2.60. The summed E-state index contributed by atoms with van der Waals surface area (Å²) in [6.45, 7) is 4.73. The Morgan fingerprint density at radius 2 is 1.84 bits per heavy atom. The minimum absolute atomic E-state index is 0.0388. The fourth-order valence-electron chi connectivity index (χ4n) is 8.72. The summed E-state index contributed by atoms with van der Waals surface area (Å²) in [5, 5.41) is 9.93. The van der Waals surface area contributed by atoms with Gasteiger partial charge >= 0.3 is 11.9 Å². The number of hydrogen-bond donors (Lipinski definition) is 1. The smallest absolute Gasteiger partial charge is 0.328 e. The van der Waals surface area contributed by atoms with Crippen LogP contribution in [0, 0.1) is 28.6 Å². The summed E-state index contributed by atoms with van der Waals surface area (Å²) in [4.78, 5) is 51.0. The Morgan fingerprint density at radius 3 is 2.59 bits per heavy atom. The zero-order valence-corrected chi connectivity index (χ0v) is 22.4. The minimum atomic E-state index is -0.803. The normalized spacial score (nSPS) is 40.8. The molecule has 8 heteroatoms. The van der Waals surface area contributed by atoms with E-state index in [9.17, 15) is 24.3 Å². The molecule has 0 aromatic carbocycles. The second-order valence-corrected chi connectivity index (χ2v) is 12.5. The second kappa shape index (κ2) is 9.83. The average Bonchev–Trinajstić information content (AvgIpc) is 3.42. The Labute approximate surface area is 219 Å². The zero-order chi connectivity index (χ0) is 26.5. The van der Waals surface area contributed by atoms with E-state index in [1.54, 1.807) is 0 Å². The lowest BCUT2D eigenvalue weighted by molar-refractivity contribution is -0.161. The minimum Gasteiger partial charge on any atom is -0.467 e. The number of hydrogen-bond acceptors (Lipinski definition) is 7. The van der Waals surface area contributed by atoms with Crippen molar-refractivity contribution in [3.8, 4) is 0 Å². The molecular formula is C29H41NO7. The van der Waals surface area contributed by atoms with E-state index in [0.29, 0.717) is 24.2 Å². The van der Waals surface area contributed by atoms with Crippen molar-refractivity contribution in [3.63, 3.8) is 0 Å². The Kier molecular flexibility index (Phi) is 7.01. The van der Waals surface area contributed by atoms with Gasteiger partial charge in [-0.05, 0) is 74.2 Å². The quantitative estimate of drug-likeness (QED) is 0.559. The summed E-state index contributed by atoms with van der Waals surface area (Å²) in [5.74, 6) is 0.703. The molecule has 1 N–H and O–H groups in total. The number of aliphatic hydroxyl groups is 1. The maximum Gasteiger partial charge on any atom is 0.328 e. The van der Waals surface area contributed by atoms with Crippen LogP contribution in [0.15, 0.2) is 11.6 Å². The highest BCUT2D eigenvalue weighted by Crippen LogP contribution is 2.65. The van der Waals surface area contributed by atoms with Gasteiger partial charge in [-0.25, -0.2) is 4.79 Å². The number of ketones is 1. The van der Waals surface area contributed by atoms with Crippen molar-refractivity contribution in [1.82, 2.24) is 4.90 Å². The molecule has 0 aromatic heterocycles. The molecule has 8 nitrogen and oxygen atoms in total. The summed E-state index contributed by atoms with van der Waals surface area (Å²) in [5.41, 5.74) is 1.43. The third kappa shape index (κ3) is 4.53. The highest BCUT2D eigenvalue weighted by molar-refractivity contribution is 5.91. The molecule has 5 aliphatic rings. The van der Waals surface area contributed by atoms with E-state index >= 15 is 0 Å². The monoisotopic (exact) mass is 515 g/mol. The number of ether oxygens (including phenoxy) is 2. The van der Waals surface area contributed by atoms with Crippen LogP contribution in [-0.4, -0.2) is 65.5 Å². The van der Waals surface area contributed by atoms with Crippen LogP contribution in [0.5, 0.6) is 0 Å². The van der Waals surface area contributed by atoms with Crippen molar-refractivity contribution in [2.24, 2.45) is 28.6 Å². The number of allylic oxidation sites excluding steroid dienone is 1. The summed E-state index contributed by atoms with van der Waals surface area (Å²) in [7, 11) is 1.26. The van der Waals surface area contributed by atoms with Crippen LogP contribution in [-0.2, 0) is 28.7 Å². The molecule has 0 radical (unpaired) electrons. The van der Waals surface area contributed by atoms with Crippen LogP contribution in [0.2, 0.25) is 0 Å². The van der Waals surface area contributed by atoms with E-state index in [2.05, 4.69) is 13.8 Å². The van der Waals surface area contributed by atoms with E-state index in [1.807, 2.05) is 6.08 Å². The molecule has 1 saturated heterocycles. The fourth-order valence-corrected chi connectivity index (χ4v) is 8.72.